The van der Waals surface area contributed by atoms with Crippen LogP contribution >= 0.6 is 0 Å². The van der Waals surface area contributed by atoms with Crippen LogP contribution in [0, 0.1) is 51.2 Å². The van der Waals surface area contributed by atoms with Gasteiger partial charge in [-0.3, -0.25) is 0 Å². The third-order valence-electron chi connectivity index (χ3n) is 7.26. The molecule has 0 aromatic heterocycles. The summed E-state index contributed by atoms with van der Waals surface area (Å²) in [6, 6.07) is 0. The molecule has 38 heavy (non-hydrogen) atoms. The predicted octanol–water partition coefficient (Wildman–Crippen LogP) is 13.2. The molecule has 229 valence electrons. The quantitative estimate of drug-likeness (QED) is 0.184. The van der Waals surface area contributed by atoms with Gasteiger partial charge in [-0.05, 0) is 47.3 Å². The van der Waals surface area contributed by atoms with E-state index in [1.54, 1.807) is 15.8 Å². The van der Waals surface area contributed by atoms with Crippen LogP contribution in [0.3, 0.4) is 0 Å². The zero-order chi connectivity index (χ0) is 30.5. The summed E-state index contributed by atoms with van der Waals surface area (Å²) < 4.78 is 0. The van der Waals surface area contributed by atoms with Gasteiger partial charge in [0.05, 0.1) is 0 Å². The summed E-state index contributed by atoms with van der Waals surface area (Å²) in [4.78, 5) is 0. The lowest BCUT2D eigenvalue weighted by molar-refractivity contribution is 0.313. The van der Waals surface area contributed by atoms with Crippen LogP contribution in [0.1, 0.15) is 152 Å². The first-order valence-corrected chi connectivity index (χ1v) is 20.7. The Morgan fingerprint density at radius 3 is 0.947 bits per heavy atom. The first-order chi connectivity index (χ1) is 16.8. The van der Waals surface area contributed by atoms with Crippen molar-refractivity contribution in [3.63, 3.8) is 0 Å². The maximum absolute atomic E-state index is 2.50. The average molecular weight is 566 g/mol. The van der Waals surface area contributed by atoms with Gasteiger partial charge in [0.15, 0.2) is 0 Å². The largest absolute Gasteiger partial charge is 0.262 e. The summed E-state index contributed by atoms with van der Waals surface area (Å²) in [5, 5.41) is 7.65. The Kier molecular flexibility index (Phi) is 20.1. The number of hydrogen-bond donors (Lipinski definition) is 0. The molecule has 0 nitrogen and oxygen atoms in total. The Morgan fingerprint density at radius 1 is 0.447 bits per heavy atom. The molecule has 0 aliphatic heterocycles. The fourth-order valence-electron chi connectivity index (χ4n) is 7.27. The summed E-state index contributed by atoms with van der Waals surface area (Å²) >= 11 is 0.0852. The van der Waals surface area contributed by atoms with E-state index < -0.39 is 14.1 Å². The second-order valence-corrected chi connectivity index (χ2v) is 23.9. The molecular formula is C36H79Al2. The Morgan fingerprint density at radius 2 is 0.711 bits per heavy atom. The third kappa shape index (κ3) is 31.6. The van der Waals surface area contributed by atoms with E-state index in [1.807, 2.05) is 0 Å². The van der Waals surface area contributed by atoms with Crippen LogP contribution in [0.4, 0.5) is 0 Å². The lowest BCUT2D eigenvalue weighted by Crippen LogP contribution is -2.24. The lowest BCUT2D eigenvalue weighted by atomic mass is 9.86. The number of hydrogen-bond acceptors (Lipinski definition) is 0. The molecule has 0 aliphatic carbocycles. The molecule has 1 radical (unpaired) electrons. The van der Waals surface area contributed by atoms with Gasteiger partial charge >= 0.3 is 0 Å². The summed E-state index contributed by atoms with van der Waals surface area (Å²) in [6.45, 7) is 43.2. The van der Waals surface area contributed by atoms with E-state index in [0.717, 1.165) is 29.6 Å². The SMILES string of the molecule is CC(C)[CH2][Al]([CH2]C(C)CC(C)(C)C)[CH2]C(C)CC(C)(C)C.CC([CH2][Al][CH2]C(C)CC(C)(C)C)CC(C)(C)C.[HH]. The van der Waals surface area contributed by atoms with Gasteiger partial charge in [0.2, 0.25) is 15.2 Å². The van der Waals surface area contributed by atoms with Crippen molar-refractivity contribution < 1.29 is 1.43 Å². The molecule has 4 unspecified atom stereocenters. The summed E-state index contributed by atoms with van der Waals surface area (Å²) in [5.41, 5.74) is 2.01. The molecule has 0 aromatic carbocycles. The van der Waals surface area contributed by atoms with Crippen molar-refractivity contribution in [2.75, 3.05) is 0 Å². The van der Waals surface area contributed by atoms with Crippen molar-refractivity contribution in [1.29, 1.82) is 0 Å². The summed E-state index contributed by atoms with van der Waals surface area (Å²) in [6.07, 6.45) is 5.55. The summed E-state index contributed by atoms with van der Waals surface area (Å²) in [7, 11) is 0. The van der Waals surface area contributed by atoms with E-state index in [1.165, 1.54) is 36.2 Å². The van der Waals surface area contributed by atoms with Crippen molar-refractivity contribution >= 4 is 29.4 Å². The van der Waals surface area contributed by atoms with Crippen LogP contribution in [0.2, 0.25) is 26.4 Å². The van der Waals surface area contributed by atoms with Crippen LogP contribution in [-0.2, 0) is 0 Å². The topological polar surface area (TPSA) is 0 Å². The van der Waals surface area contributed by atoms with Crippen molar-refractivity contribution in [2.45, 2.75) is 177 Å². The molecule has 0 spiro atoms. The highest BCUT2D eigenvalue weighted by molar-refractivity contribution is 6.59. The maximum Gasteiger partial charge on any atom is 0.262 e. The molecule has 0 aliphatic rings. The second kappa shape index (κ2) is 18.6. The maximum atomic E-state index is 2.50. The van der Waals surface area contributed by atoms with Crippen LogP contribution in [-0.4, -0.2) is 29.4 Å². The standard InChI is InChI=1S/4C8H17.C4H9.2Al.H2/c4*1-7(2)6-8(3,4)5;1-4(2)3;;;/h4*7H,1,6H2,2-5H3;4H,1H2,2-3H3;;;1H. The molecule has 0 fully saturated rings. The molecule has 0 saturated carbocycles. The minimum Gasteiger partial charge on any atom is -0.101 e. The monoisotopic (exact) mass is 566 g/mol. The average Bonchev–Trinajstić information content (AvgIpc) is 2.54. The number of rotatable bonds is 14. The zero-order valence-electron chi connectivity index (χ0n) is 30.4. The molecular weight excluding hydrogens is 486 g/mol. The minimum atomic E-state index is -0.586. The highest BCUT2D eigenvalue weighted by Gasteiger charge is 2.27. The van der Waals surface area contributed by atoms with Gasteiger partial charge in [-0.2, -0.15) is 0 Å². The van der Waals surface area contributed by atoms with E-state index in [-0.39, 0.29) is 1.43 Å². The van der Waals surface area contributed by atoms with E-state index in [0.29, 0.717) is 36.9 Å². The van der Waals surface area contributed by atoms with Gasteiger partial charge < -0.3 is 0 Å². The van der Waals surface area contributed by atoms with Crippen LogP contribution < -0.4 is 0 Å². The van der Waals surface area contributed by atoms with Crippen molar-refractivity contribution in [2.24, 2.45) is 51.2 Å². The summed E-state index contributed by atoms with van der Waals surface area (Å²) in [5.74, 6) is 4.58. The van der Waals surface area contributed by atoms with Crippen molar-refractivity contribution in [3.8, 4) is 0 Å². The fraction of sp³-hybridized carbons (Fsp3) is 1.00. The van der Waals surface area contributed by atoms with E-state index in [4.69, 9.17) is 0 Å². The zero-order valence-corrected chi connectivity index (χ0v) is 32.7. The molecule has 0 saturated heterocycles. The molecule has 4 atom stereocenters. The van der Waals surface area contributed by atoms with Crippen LogP contribution in [0.15, 0.2) is 0 Å². The molecule has 0 rings (SSSR count). The minimum absolute atomic E-state index is 0. The van der Waals surface area contributed by atoms with Crippen molar-refractivity contribution in [3.05, 3.63) is 0 Å². The Balaban J connectivity index is -0.000000662. The third-order valence-corrected chi connectivity index (χ3v) is 14.1. The molecule has 2 heteroatoms. The van der Waals surface area contributed by atoms with Gasteiger partial charge in [0.25, 0.3) is 14.1 Å². The predicted molar refractivity (Wildman–Crippen MR) is 185 cm³/mol. The Labute approximate surface area is 257 Å². The Bertz CT molecular complexity index is 525. The highest BCUT2D eigenvalue weighted by Crippen LogP contribution is 2.33. The fourth-order valence-corrected chi connectivity index (χ4v) is 13.5. The first-order valence-electron chi connectivity index (χ1n) is 16.6. The lowest BCUT2D eigenvalue weighted by Gasteiger charge is -2.28. The van der Waals surface area contributed by atoms with Crippen molar-refractivity contribution in [1.82, 2.24) is 0 Å². The van der Waals surface area contributed by atoms with Gasteiger partial charge in [-0.25, -0.2) is 0 Å². The van der Waals surface area contributed by atoms with Gasteiger partial charge in [0.1, 0.15) is 0 Å². The van der Waals surface area contributed by atoms with Gasteiger partial charge in [0, 0.05) is 1.43 Å². The molecule has 0 heterocycles. The first kappa shape index (κ1) is 41.2. The Hall–Kier alpha value is 1.06. The molecule has 0 amide bonds. The van der Waals surface area contributed by atoms with Gasteiger partial charge in [-0.15, -0.1) is 10.6 Å². The van der Waals surface area contributed by atoms with E-state index in [2.05, 4.69) is 125 Å². The molecule has 0 aromatic rings. The normalized spacial score (nSPS) is 16.4. The highest BCUT2D eigenvalue weighted by atomic mass is 27.2. The van der Waals surface area contributed by atoms with E-state index in [9.17, 15) is 0 Å². The second-order valence-electron chi connectivity index (χ2n) is 19.2. The molecule has 0 N–H and O–H groups in total. The molecule has 0 bridgehead atoms. The van der Waals surface area contributed by atoms with Gasteiger partial charge in [-0.1, -0.05) is 170 Å². The smallest absolute Gasteiger partial charge is 0.101 e. The van der Waals surface area contributed by atoms with Crippen LogP contribution in [0.5, 0.6) is 0 Å². The van der Waals surface area contributed by atoms with E-state index >= 15 is 0 Å². The van der Waals surface area contributed by atoms with Crippen LogP contribution in [0.25, 0.3) is 0 Å².